The molecule has 18 heavy (non-hydrogen) atoms. The van der Waals surface area contributed by atoms with Gasteiger partial charge in [-0.1, -0.05) is 36.8 Å². The van der Waals surface area contributed by atoms with Gasteiger partial charge in [0.25, 0.3) is 0 Å². The van der Waals surface area contributed by atoms with Crippen molar-refractivity contribution in [3.8, 4) is 0 Å². The summed E-state index contributed by atoms with van der Waals surface area (Å²) >= 11 is 0. The highest BCUT2D eigenvalue weighted by Gasteiger charge is 2.41. The lowest BCUT2D eigenvalue weighted by Gasteiger charge is -2.46. The molecule has 0 atom stereocenters. The zero-order valence-corrected chi connectivity index (χ0v) is 11.1. The normalized spacial score (nSPS) is 17.4. The molecule has 1 fully saturated rings. The zero-order chi connectivity index (χ0) is 13.2. The Hall–Kier alpha value is -1.35. The van der Waals surface area contributed by atoms with Gasteiger partial charge in [0.15, 0.2) is 0 Å². The monoisotopic (exact) mass is 247 g/mol. The minimum absolute atomic E-state index is 0.147. The molecule has 1 aliphatic heterocycles. The Balaban J connectivity index is 1.78. The molecule has 1 aromatic rings. The van der Waals surface area contributed by atoms with Crippen LogP contribution in [0.4, 0.5) is 0 Å². The molecule has 3 heteroatoms. The summed E-state index contributed by atoms with van der Waals surface area (Å²) in [6, 6.07) is 8.28. The Morgan fingerprint density at radius 1 is 1.33 bits per heavy atom. The molecule has 0 aromatic heterocycles. The van der Waals surface area contributed by atoms with E-state index in [2.05, 4.69) is 31.2 Å². The highest BCUT2D eigenvalue weighted by Crippen LogP contribution is 2.24. The molecule has 2 rings (SSSR count). The van der Waals surface area contributed by atoms with Crippen LogP contribution in [-0.4, -0.2) is 34.6 Å². The molecule has 1 heterocycles. The van der Waals surface area contributed by atoms with Gasteiger partial charge in [-0.15, -0.1) is 0 Å². The van der Waals surface area contributed by atoms with Crippen LogP contribution >= 0.6 is 0 Å². The molecular formula is C15H21NO2. The Bertz CT molecular complexity index is 419. The second-order valence-electron chi connectivity index (χ2n) is 5.31. The van der Waals surface area contributed by atoms with Crippen LogP contribution in [0.5, 0.6) is 0 Å². The predicted molar refractivity (Wildman–Crippen MR) is 71.3 cm³/mol. The van der Waals surface area contributed by atoms with Gasteiger partial charge in [0.1, 0.15) is 0 Å². The molecule has 0 saturated carbocycles. The van der Waals surface area contributed by atoms with Gasteiger partial charge in [-0.05, 0) is 25.3 Å². The number of carbonyl (C=O) groups is 1. The third kappa shape index (κ3) is 2.91. The van der Waals surface area contributed by atoms with Crippen LogP contribution in [0.3, 0.4) is 0 Å². The molecule has 0 aliphatic carbocycles. The minimum Gasteiger partial charge on any atom is -0.386 e. The van der Waals surface area contributed by atoms with E-state index in [0.29, 0.717) is 19.5 Å². The van der Waals surface area contributed by atoms with Crippen molar-refractivity contribution in [3.05, 3.63) is 35.4 Å². The average molecular weight is 247 g/mol. The lowest BCUT2D eigenvalue weighted by molar-refractivity contribution is -0.155. The number of β-amino-alcohol motifs (C(OH)–C–C–N with tert-alkyl or cyclic N) is 1. The number of hydrogen-bond donors (Lipinski definition) is 1. The largest absolute Gasteiger partial charge is 0.386 e. The number of amides is 1. The summed E-state index contributed by atoms with van der Waals surface area (Å²) in [6.45, 7) is 5.00. The maximum atomic E-state index is 11.9. The zero-order valence-electron chi connectivity index (χ0n) is 11.1. The van der Waals surface area contributed by atoms with Crippen molar-refractivity contribution in [3.63, 3.8) is 0 Å². The van der Waals surface area contributed by atoms with Gasteiger partial charge in [-0.3, -0.25) is 4.79 Å². The summed E-state index contributed by atoms with van der Waals surface area (Å²) in [4.78, 5) is 13.6. The van der Waals surface area contributed by atoms with Crippen LogP contribution in [0.1, 0.15) is 30.9 Å². The van der Waals surface area contributed by atoms with Crippen LogP contribution in [0, 0.1) is 6.92 Å². The van der Waals surface area contributed by atoms with Gasteiger partial charge in [0.05, 0.1) is 18.7 Å². The number of nitrogens with zero attached hydrogens (tertiary/aromatic N) is 1. The van der Waals surface area contributed by atoms with Gasteiger partial charge in [-0.25, -0.2) is 0 Å². The van der Waals surface area contributed by atoms with E-state index in [0.717, 1.165) is 12.8 Å². The summed E-state index contributed by atoms with van der Waals surface area (Å²) in [5, 5.41) is 9.86. The molecule has 1 N–H and O–H groups in total. The lowest BCUT2D eigenvalue weighted by Crippen LogP contribution is -2.63. The molecule has 98 valence electrons. The van der Waals surface area contributed by atoms with Crippen LogP contribution < -0.4 is 0 Å². The number of likely N-dealkylation sites (tertiary alicyclic amines) is 1. The van der Waals surface area contributed by atoms with Crippen LogP contribution in [-0.2, 0) is 11.2 Å². The Morgan fingerprint density at radius 2 is 1.94 bits per heavy atom. The summed E-state index contributed by atoms with van der Waals surface area (Å²) in [5.41, 5.74) is 1.81. The fourth-order valence-electron chi connectivity index (χ4n) is 2.23. The highest BCUT2D eigenvalue weighted by atomic mass is 16.3. The molecule has 0 bridgehead atoms. The maximum absolute atomic E-state index is 11.9. The number of rotatable bonds is 4. The summed E-state index contributed by atoms with van der Waals surface area (Å²) in [7, 11) is 0. The van der Waals surface area contributed by atoms with Crippen molar-refractivity contribution in [1.82, 2.24) is 4.90 Å². The number of carbonyl (C=O) groups excluding carboxylic acids is 1. The van der Waals surface area contributed by atoms with E-state index in [9.17, 15) is 9.90 Å². The number of benzene rings is 1. The first-order chi connectivity index (χ1) is 8.52. The molecule has 1 saturated heterocycles. The molecular weight excluding hydrogens is 226 g/mol. The SMILES string of the molecule is CCC1(O)CN(C(=O)CCc2ccc(C)cc2)C1. The maximum Gasteiger partial charge on any atom is 0.223 e. The van der Waals surface area contributed by atoms with E-state index < -0.39 is 5.60 Å². The van der Waals surface area contributed by atoms with E-state index in [1.807, 2.05) is 6.92 Å². The molecule has 1 aromatic carbocycles. The quantitative estimate of drug-likeness (QED) is 0.883. The fourth-order valence-corrected chi connectivity index (χ4v) is 2.23. The lowest BCUT2D eigenvalue weighted by atomic mass is 9.91. The standard InChI is InChI=1S/C15H21NO2/c1-3-15(18)10-16(11-15)14(17)9-8-13-6-4-12(2)5-7-13/h4-7,18H,3,8-11H2,1-2H3. The Morgan fingerprint density at radius 3 is 2.50 bits per heavy atom. The summed E-state index contributed by atoms with van der Waals surface area (Å²) in [5.74, 6) is 0.147. The van der Waals surface area contributed by atoms with Crippen molar-refractivity contribution >= 4 is 5.91 Å². The highest BCUT2D eigenvalue weighted by molar-refractivity contribution is 5.77. The summed E-state index contributed by atoms with van der Waals surface area (Å²) < 4.78 is 0. The van der Waals surface area contributed by atoms with E-state index in [4.69, 9.17) is 0 Å². The smallest absolute Gasteiger partial charge is 0.223 e. The topological polar surface area (TPSA) is 40.5 Å². The second-order valence-corrected chi connectivity index (χ2v) is 5.31. The van der Waals surface area contributed by atoms with Gasteiger partial charge in [0, 0.05) is 6.42 Å². The van der Waals surface area contributed by atoms with E-state index in [-0.39, 0.29) is 5.91 Å². The molecule has 1 amide bonds. The Labute approximate surface area is 108 Å². The third-order valence-electron chi connectivity index (χ3n) is 3.73. The van der Waals surface area contributed by atoms with Gasteiger partial charge < -0.3 is 10.0 Å². The third-order valence-corrected chi connectivity index (χ3v) is 3.73. The number of aliphatic hydroxyl groups is 1. The van der Waals surface area contributed by atoms with Crippen molar-refractivity contribution in [2.45, 2.75) is 38.7 Å². The molecule has 0 spiro atoms. The molecule has 3 nitrogen and oxygen atoms in total. The number of aryl methyl sites for hydroxylation is 2. The van der Waals surface area contributed by atoms with E-state index >= 15 is 0 Å². The first-order valence-electron chi connectivity index (χ1n) is 6.58. The Kier molecular flexibility index (Phi) is 3.71. The summed E-state index contributed by atoms with van der Waals surface area (Å²) in [6.07, 6.45) is 2.03. The van der Waals surface area contributed by atoms with Crippen molar-refractivity contribution < 1.29 is 9.90 Å². The number of hydrogen-bond acceptors (Lipinski definition) is 2. The van der Waals surface area contributed by atoms with Gasteiger partial charge >= 0.3 is 0 Å². The van der Waals surface area contributed by atoms with Crippen molar-refractivity contribution in [1.29, 1.82) is 0 Å². The first kappa shape index (κ1) is 13.1. The van der Waals surface area contributed by atoms with E-state index in [1.165, 1.54) is 11.1 Å². The fraction of sp³-hybridized carbons (Fsp3) is 0.533. The van der Waals surface area contributed by atoms with Crippen LogP contribution in [0.2, 0.25) is 0 Å². The van der Waals surface area contributed by atoms with Gasteiger partial charge in [0.2, 0.25) is 5.91 Å². The minimum atomic E-state index is -0.625. The molecule has 0 radical (unpaired) electrons. The second kappa shape index (κ2) is 5.11. The van der Waals surface area contributed by atoms with Crippen molar-refractivity contribution in [2.75, 3.05) is 13.1 Å². The van der Waals surface area contributed by atoms with Crippen LogP contribution in [0.25, 0.3) is 0 Å². The average Bonchev–Trinajstić information content (AvgIpc) is 2.34. The van der Waals surface area contributed by atoms with Crippen LogP contribution in [0.15, 0.2) is 24.3 Å². The van der Waals surface area contributed by atoms with Gasteiger partial charge in [-0.2, -0.15) is 0 Å². The first-order valence-corrected chi connectivity index (χ1v) is 6.58. The van der Waals surface area contributed by atoms with Crippen molar-refractivity contribution in [2.24, 2.45) is 0 Å². The van der Waals surface area contributed by atoms with E-state index in [1.54, 1.807) is 4.90 Å². The predicted octanol–water partition coefficient (Wildman–Crippen LogP) is 1.91. The molecule has 1 aliphatic rings. The molecule has 0 unspecified atom stereocenters.